The van der Waals surface area contributed by atoms with Gasteiger partial charge in [0.25, 0.3) is 5.91 Å². The van der Waals surface area contributed by atoms with Gasteiger partial charge in [-0.3, -0.25) is 4.79 Å². The van der Waals surface area contributed by atoms with Gasteiger partial charge in [0.2, 0.25) is 0 Å². The van der Waals surface area contributed by atoms with Crippen LogP contribution in [0.25, 0.3) is 16.6 Å². The monoisotopic (exact) mass is 382 g/mol. The van der Waals surface area contributed by atoms with Gasteiger partial charge in [0.15, 0.2) is 0 Å². The summed E-state index contributed by atoms with van der Waals surface area (Å²) in [5.74, 6) is -0.636. The summed E-state index contributed by atoms with van der Waals surface area (Å²) < 4.78 is 40.9. The maximum absolute atomic E-state index is 13.0. The van der Waals surface area contributed by atoms with E-state index >= 15 is 0 Å². The minimum atomic E-state index is -4.45. The highest BCUT2D eigenvalue weighted by atomic mass is 79.9. The van der Waals surface area contributed by atoms with E-state index in [0.717, 1.165) is 12.1 Å². The first kappa shape index (κ1) is 15.6. The van der Waals surface area contributed by atoms with Crippen molar-refractivity contribution in [3.8, 4) is 5.69 Å². The fourth-order valence-electron chi connectivity index (χ4n) is 2.45. The van der Waals surface area contributed by atoms with Gasteiger partial charge in [-0.2, -0.15) is 13.2 Å². The number of hydrogen-bond acceptors (Lipinski definition) is 1. The molecule has 0 aliphatic rings. The maximum Gasteiger partial charge on any atom is 0.416 e. The van der Waals surface area contributed by atoms with Gasteiger partial charge in [0.05, 0.1) is 22.3 Å². The third kappa shape index (κ3) is 2.72. The molecule has 0 bridgehead atoms. The van der Waals surface area contributed by atoms with Crippen molar-refractivity contribution in [2.24, 2.45) is 5.73 Å². The number of nitrogens with two attached hydrogens (primary N) is 1. The molecule has 3 aromatic rings. The number of benzene rings is 2. The largest absolute Gasteiger partial charge is 0.416 e. The second kappa shape index (κ2) is 5.42. The van der Waals surface area contributed by atoms with E-state index in [-0.39, 0.29) is 11.3 Å². The zero-order valence-electron chi connectivity index (χ0n) is 11.6. The molecule has 0 aliphatic heterocycles. The molecule has 0 aliphatic carbocycles. The van der Waals surface area contributed by atoms with Crippen LogP contribution in [0.15, 0.2) is 53.1 Å². The molecule has 2 aromatic carbocycles. The first-order valence-corrected chi connectivity index (χ1v) is 7.35. The van der Waals surface area contributed by atoms with E-state index in [1.54, 1.807) is 24.3 Å². The van der Waals surface area contributed by atoms with Crippen molar-refractivity contribution < 1.29 is 18.0 Å². The molecule has 0 unspecified atom stereocenters. The topological polar surface area (TPSA) is 48.0 Å². The normalized spacial score (nSPS) is 11.8. The predicted octanol–water partition coefficient (Wildman–Crippen LogP) is 4.51. The third-order valence-electron chi connectivity index (χ3n) is 3.51. The molecule has 3 nitrogen and oxygen atoms in total. The Morgan fingerprint density at radius 3 is 2.48 bits per heavy atom. The van der Waals surface area contributed by atoms with Gasteiger partial charge >= 0.3 is 6.18 Å². The standard InChI is InChI=1S/C16H10BrF3N2O/c17-12-6-5-9(16(18,19)20)7-14(12)22-8-11(15(21)23)10-3-1-2-4-13(10)22/h1-8H,(H2,21,23). The minimum Gasteiger partial charge on any atom is -0.366 e. The molecule has 0 saturated heterocycles. The first-order valence-electron chi connectivity index (χ1n) is 6.56. The summed E-state index contributed by atoms with van der Waals surface area (Å²) in [4.78, 5) is 11.6. The van der Waals surface area contributed by atoms with E-state index in [9.17, 15) is 18.0 Å². The van der Waals surface area contributed by atoms with E-state index in [4.69, 9.17) is 5.73 Å². The van der Waals surface area contributed by atoms with Crippen molar-refractivity contribution in [2.75, 3.05) is 0 Å². The van der Waals surface area contributed by atoms with Crippen LogP contribution in [0.3, 0.4) is 0 Å². The van der Waals surface area contributed by atoms with Crippen LogP contribution in [-0.2, 0) is 6.18 Å². The average molecular weight is 383 g/mol. The molecular weight excluding hydrogens is 373 g/mol. The molecular formula is C16H10BrF3N2O. The summed E-state index contributed by atoms with van der Waals surface area (Å²) in [6.45, 7) is 0. The van der Waals surface area contributed by atoms with Gasteiger partial charge in [-0.15, -0.1) is 0 Å². The van der Waals surface area contributed by atoms with Crippen LogP contribution >= 0.6 is 15.9 Å². The molecule has 1 amide bonds. The smallest absolute Gasteiger partial charge is 0.366 e. The highest BCUT2D eigenvalue weighted by Crippen LogP contribution is 2.35. The highest BCUT2D eigenvalue weighted by Gasteiger charge is 2.31. The van der Waals surface area contributed by atoms with Gasteiger partial charge < -0.3 is 10.3 Å². The van der Waals surface area contributed by atoms with Crippen molar-refractivity contribution in [3.63, 3.8) is 0 Å². The molecule has 0 fully saturated rings. The molecule has 1 heterocycles. The molecule has 1 aromatic heterocycles. The number of aromatic nitrogens is 1. The molecule has 0 saturated carbocycles. The predicted molar refractivity (Wildman–Crippen MR) is 84.5 cm³/mol. The summed E-state index contributed by atoms with van der Waals surface area (Å²) in [5, 5.41) is 0.587. The average Bonchev–Trinajstić information content (AvgIpc) is 2.86. The van der Waals surface area contributed by atoms with Gasteiger partial charge in [-0.25, -0.2) is 0 Å². The second-order valence-electron chi connectivity index (χ2n) is 4.96. The number of alkyl halides is 3. The molecule has 0 atom stereocenters. The summed E-state index contributed by atoms with van der Waals surface area (Å²) in [6.07, 6.45) is -3.00. The van der Waals surface area contributed by atoms with Crippen LogP contribution in [0.1, 0.15) is 15.9 Å². The number of carbonyl (C=O) groups excluding carboxylic acids is 1. The Morgan fingerprint density at radius 1 is 1.13 bits per heavy atom. The van der Waals surface area contributed by atoms with Crippen molar-refractivity contribution in [1.29, 1.82) is 0 Å². The highest BCUT2D eigenvalue weighted by molar-refractivity contribution is 9.10. The van der Waals surface area contributed by atoms with Gasteiger partial charge in [-0.1, -0.05) is 18.2 Å². The molecule has 3 rings (SSSR count). The number of fused-ring (bicyclic) bond motifs is 1. The van der Waals surface area contributed by atoms with E-state index < -0.39 is 17.6 Å². The molecule has 7 heteroatoms. The van der Waals surface area contributed by atoms with Crippen molar-refractivity contribution in [1.82, 2.24) is 4.57 Å². The van der Waals surface area contributed by atoms with Crippen LogP contribution in [0.2, 0.25) is 0 Å². The molecule has 0 radical (unpaired) electrons. The Morgan fingerprint density at radius 2 is 1.83 bits per heavy atom. The number of rotatable bonds is 2. The van der Waals surface area contributed by atoms with E-state index in [1.807, 2.05) is 0 Å². The van der Waals surface area contributed by atoms with E-state index in [0.29, 0.717) is 15.4 Å². The summed E-state index contributed by atoms with van der Waals surface area (Å²) in [7, 11) is 0. The van der Waals surface area contributed by atoms with Crippen LogP contribution in [0.4, 0.5) is 13.2 Å². The van der Waals surface area contributed by atoms with E-state index in [1.165, 1.54) is 16.8 Å². The summed E-state index contributed by atoms with van der Waals surface area (Å²) >= 11 is 3.26. The van der Waals surface area contributed by atoms with Crippen LogP contribution in [0.5, 0.6) is 0 Å². The zero-order chi connectivity index (χ0) is 16.8. The lowest BCUT2D eigenvalue weighted by Gasteiger charge is -2.12. The van der Waals surface area contributed by atoms with Crippen LogP contribution < -0.4 is 5.73 Å². The number of hydrogen-bond donors (Lipinski definition) is 1. The third-order valence-corrected chi connectivity index (χ3v) is 4.18. The first-order chi connectivity index (χ1) is 10.8. The van der Waals surface area contributed by atoms with E-state index in [2.05, 4.69) is 15.9 Å². The number of primary amides is 1. The quantitative estimate of drug-likeness (QED) is 0.696. The number of halogens is 4. The fourth-order valence-corrected chi connectivity index (χ4v) is 2.89. The fraction of sp³-hybridized carbons (Fsp3) is 0.0625. The Balaban J connectivity index is 2.31. The molecule has 23 heavy (non-hydrogen) atoms. The summed E-state index contributed by atoms with van der Waals surface area (Å²) in [6, 6.07) is 10.2. The van der Waals surface area contributed by atoms with Crippen molar-refractivity contribution in [2.45, 2.75) is 6.18 Å². The van der Waals surface area contributed by atoms with Gasteiger partial charge in [0, 0.05) is 16.1 Å². The number of nitrogens with zero attached hydrogens (tertiary/aromatic N) is 1. The SMILES string of the molecule is NC(=O)c1cn(-c2cc(C(F)(F)F)ccc2Br)c2ccccc12. The Hall–Kier alpha value is -2.28. The Labute approximate surface area is 137 Å². The number of para-hydroxylation sites is 1. The van der Waals surface area contributed by atoms with Crippen molar-refractivity contribution >= 4 is 32.7 Å². The molecule has 2 N–H and O–H groups in total. The lowest BCUT2D eigenvalue weighted by Crippen LogP contribution is -2.10. The summed E-state index contributed by atoms with van der Waals surface area (Å²) in [5.41, 5.74) is 5.73. The lowest BCUT2D eigenvalue weighted by molar-refractivity contribution is -0.137. The van der Waals surface area contributed by atoms with Crippen LogP contribution in [0, 0.1) is 0 Å². The maximum atomic E-state index is 13.0. The zero-order valence-corrected chi connectivity index (χ0v) is 13.1. The number of amides is 1. The number of carbonyl (C=O) groups is 1. The Bertz CT molecular complexity index is 915. The van der Waals surface area contributed by atoms with Gasteiger partial charge in [-0.05, 0) is 40.2 Å². The molecule has 118 valence electrons. The lowest BCUT2D eigenvalue weighted by atomic mass is 10.1. The molecule has 0 spiro atoms. The van der Waals surface area contributed by atoms with Crippen LogP contribution in [-0.4, -0.2) is 10.5 Å². The van der Waals surface area contributed by atoms with Gasteiger partial charge in [0.1, 0.15) is 0 Å². The van der Waals surface area contributed by atoms with Crippen molar-refractivity contribution in [3.05, 3.63) is 64.3 Å². The Kier molecular flexibility index (Phi) is 3.68. The second-order valence-corrected chi connectivity index (χ2v) is 5.81. The minimum absolute atomic E-state index is 0.255.